The summed E-state index contributed by atoms with van der Waals surface area (Å²) in [6.45, 7) is 2.84. The highest BCUT2D eigenvalue weighted by atomic mass is 79.9. The van der Waals surface area contributed by atoms with Crippen molar-refractivity contribution in [3.8, 4) is 11.3 Å². The van der Waals surface area contributed by atoms with Gasteiger partial charge < -0.3 is 4.57 Å². The number of carbonyl (C=O) groups excluding carboxylic acids is 1. The molecule has 1 aromatic heterocycles. The van der Waals surface area contributed by atoms with E-state index in [1.54, 1.807) is 12.1 Å². The van der Waals surface area contributed by atoms with Crippen molar-refractivity contribution in [3.05, 3.63) is 74.8 Å². The fourth-order valence-electron chi connectivity index (χ4n) is 2.36. The second-order valence-corrected chi connectivity index (χ2v) is 6.83. The Labute approximate surface area is 152 Å². The first-order valence-electron chi connectivity index (χ1n) is 7.52. The Hall–Kier alpha value is -2.18. The second-order valence-electron chi connectivity index (χ2n) is 5.08. The van der Waals surface area contributed by atoms with E-state index in [1.165, 1.54) is 11.3 Å². The number of nitrogens with one attached hydrogen (secondary N) is 1. The van der Waals surface area contributed by atoms with Crippen LogP contribution >= 0.6 is 27.3 Å². The number of thiazole rings is 1. The predicted octanol–water partition coefficient (Wildman–Crippen LogP) is 4.24. The fourth-order valence-corrected chi connectivity index (χ4v) is 3.69. The lowest BCUT2D eigenvalue weighted by Gasteiger charge is -2.06. The summed E-state index contributed by atoms with van der Waals surface area (Å²) in [5.74, 6) is -0.228. The quantitative estimate of drug-likeness (QED) is 0.652. The van der Waals surface area contributed by atoms with Crippen LogP contribution in [0.25, 0.3) is 11.3 Å². The number of aromatic nitrogens is 1. The van der Waals surface area contributed by atoms with Gasteiger partial charge in [0, 0.05) is 22.0 Å². The third-order valence-electron chi connectivity index (χ3n) is 3.52. The average molecular weight is 402 g/mol. The Balaban J connectivity index is 1.88. The molecule has 0 unspecified atom stereocenters. The second kappa shape index (κ2) is 7.59. The molecule has 0 aliphatic heterocycles. The molecule has 1 amide bonds. The first kappa shape index (κ1) is 16.7. The molecule has 3 rings (SSSR count). The van der Waals surface area contributed by atoms with Crippen LogP contribution in [0.5, 0.6) is 0 Å². The molecule has 0 saturated carbocycles. The van der Waals surface area contributed by atoms with Gasteiger partial charge in [-0.1, -0.05) is 52.3 Å². The number of hydrogen-bond acceptors (Lipinski definition) is 3. The predicted molar refractivity (Wildman–Crippen MR) is 101 cm³/mol. The molecule has 0 saturated heterocycles. The molecular formula is C18H16BrN3OS. The van der Waals surface area contributed by atoms with Crippen molar-refractivity contribution in [2.75, 3.05) is 0 Å². The fraction of sp³-hybridized carbons (Fsp3) is 0.111. The molecule has 0 radical (unpaired) electrons. The zero-order valence-corrected chi connectivity index (χ0v) is 15.5. The normalized spacial score (nSPS) is 11.5. The number of nitrogens with zero attached hydrogens (tertiary/aromatic N) is 2. The van der Waals surface area contributed by atoms with Crippen LogP contribution in [0.1, 0.15) is 17.3 Å². The van der Waals surface area contributed by atoms with E-state index in [2.05, 4.69) is 55.5 Å². The molecule has 3 aromatic rings. The van der Waals surface area contributed by atoms with E-state index in [0.29, 0.717) is 5.56 Å². The lowest BCUT2D eigenvalue weighted by Crippen LogP contribution is -2.24. The smallest absolute Gasteiger partial charge is 0.271 e. The highest BCUT2D eigenvalue weighted by molar-refractivity contribution is 9.10. The molecular weight excluding hydrogens is 386 g/mol. The summed E-state index contributed by atoms with van der Waals surface area (Å²) < 4.78 is 2.95. The van der Waals surface area contributed by atoms with Gasteiger partial charge in [-0.05, 0) is 30.7 Å². The van der Waals surface area contributed by atoms with Crippen molar-refractivity contribution in [2.24, 2.45) is 5.10 Å². The van der Waals surface area contributed by atoms with Crippen LogP contribution < -0.4 is 10.2 Å². The van der Waals surface area contributed by atoms with Gasteiger partial charge in [0.05, 0.1) is 5.69 Å². The van der Waals surface area contributed by atoms with E-state index in [9.17, 15) is 4.79 Å². The largest absolute Gasteiger partial charge is 0.315 e. The maximum Gasteiger partial charge on any atom is 0.271 e. The Morgan fingerprint density at radius 3 is 2.71 bits per heavy atom. The van der Waals surface area contributed by atoms with Crippen molar-refractivity contribution < 1.29 is 4.79 Å². The molecule has 0 aliphatic carbocycles. The molecule has 122 valence electrons. The van der Waals surface area contributed by atoms with Gasteiger partial charge in [-0.3, -0.25) is 4.79 Å². The van der Waals surface area contributed by atoms with Gasteiger partial charge in [0.1, 0.15) is 0 Å². The maximum absolute atomic E-state index is 12.2. The minimum Gasteiger partial charge on any atom is -0.315 e. The van der Waals surface area contributed by atoms with E-state index in [4.69, 9.17) is 0 Å². The molecule has 6 heteroatoms. The third-order valence-corrected chi connectivity index (χ3v) is 4.88. The number of halogens is 1. The van der Waals surface area contributed by atoms with Crippen molar-refractivity contribution in [2.45, 2.75) is 13.5 Å². The minimum atomic E-state index is -0.228. The summed E-state index contributed by atoms with van der Waals surface area (Å²) in [5.41, 5.74) is 5.43. The maximum atomic E-state index is 12.2. The van der Waals surface area contributed by atoms with Crippen LogP contribution in [0, 0.1) is 0 Å². The lowest BCUT2D eigenvalue weighted by molar-refractivity contribution is 0.0953. The number of carbonyl (C=O) groups is 1. The van der Waals surface area contributed by atoms with E-state index < -0.39 is 0 Å². The average Bonchev–Trinajstić information content (AvgIpc) is 3.03. The van der Waals surface area contributed by atoms with Crippen LogP contribution in [-0.4, -0.2) is 10.5 Å². The van der Waals surface area contributed by atoms with Crippen LogP contribution in [0.3, 0.4) is 0 Å². The topological polar surface area (TPSA) is 46.4 Å². The van der Waals surface area contributed by atoms with E-state index in [-0.39, 0.29) is 5.91 Å². The van der Waals surface area contributed by atoms with Gasteiger partial charge in [-0.15, -0.1) is 16.4 Å². The zero-order valence-electron chi connectivity index (χ0n) is 13.1. The van der Waals surface area contributed by atoms with Crippen LogP contribution in [0.15, 0.2) is 69.6 Å². The molecule has 2 aromatic carbocycles. The molecule has 0 spiro atoms. The number of hydrogen-bond donors (Lipinski definition) is 1. The highest BCUT2D eigenvalue weighted by Crippen LogP contribution is 2.19. The van der Waals surface area contributed by atoms with Crippen molar-refractivity contribution in [3.63, 3.8) is 0 Å². The first-order chi connectivity index (χ1) is 11.7. The molecule has 0 aliphatic rings. The summed E-state index contributed by atoms with van der Waals surface area (Å²) >= 11 is 4.87. The van der Waals surface area contributed by atoms with Gasteiger partial charge >= 0.3 is 0 Å². The van der Waals surface area contributed by atoms with Gasteiger partial charge in [0.25, 0.3) is 5.91 Å². The van der Waals surface area contributed by atoms with E-state index in [0.717, 1.165) is 27.1 Å². The van der Waals surface area contributed by atoms with Gasteiger partial charge in [0.2, 0.25) is 4.80 Å². The molecule has 4 nitrogen and oxygen atoms in total. The Bertz CT molecular complexity index is 915. The zero-order chi connectivity index (χ0) is 16.9. The number of amides is 1. The first-order valence-corrected chi connectivity index (χ1v) is 9.19. The lowest BCUT2D eigenvalue weighted by atomic mass is 10.2. The Morgan fingerprint density at radius 1 is 1.21 bits per heavy atom. The Morgan fingerprint density at radius 2 is 2.00 bits per heavy atom. The summed E-state index contributed by atoms with van der Waals surface area (Å²) in [7, 11) is 0. The summed E-state index contributed by atoms with van der Waals surface area (Å²) in [6.07, 6.45) is 0. The molecule has 1 N–H and O–H groups in total. The summed E-state index contributed by atoms with van der Waals surface area (Å²) in [4.78, 5) is 13.0. The van der Waals surface area contributed by atoms with Gasteiger partial charge in [0.15, 0.2) is 0 Å². The molecule has 0 fully saturated rings. The molecule has 24 heavy (non-hydrogen) atoms. The monoisotopic (exact) mass is 401 g/mol. The van der Waals surface area contributed by atoms with E-state index >= 15 is 0 Å². The minimum absolute atomic E-state index is 0.228. The summed E-state index contributed by atoms with van der Waals surface area (Å²) in [6, 6.07) is 17.4. The third kappa shape index (κ3) is 3.66. The molecule has 0 bridgehead atoms. The van der Waals surface area contributed by atoms with Gasteiger partial charge in [-0.25, -0.2) is 5.43 Å². The number of benzene rings is 2. The summed E-state index contributed by atoms with van der Waals surface area (Å²) in [5, 5.41) is 6.35. The SMILES string of the molecule is CCn1c(-c2ccccc2)cs/c1=N/NC(=O)c1cccc(Br)c1. The van der Waals surface area contributed by atoms with Crippen molar-refractivity contribution in [1.82, 2.24) is 9.99 Å². The van der Waals surface area contributed by atoms with Crippen molar-refractivity contribution >= 4 is 33.2 Å². The van der Waals surface area contributed by atoms with Crippen molar-refractivity contribution in [1.29, 1.82) is 0 Å². The highest BCUT2D eigenvalue weighted by Gasteiger charge is 2.08. The van der Waals surface area contributed by atoms with E-state index in [1.807, 2.05) is 30.3 Å². The van der Waals surface area contributed by atoms with Crippen LogP contribution in [-0.2, 0) is 6.54 Å². The molecule has 0 atom stereocenters. The number of rotatable bonds is 4. The van der Waals surface area contributed by atoms with Crippen LogP contribution in [0.4, 0.5) is 0 Å². The standard InChI is InChI=1S/C18H16BrN3OS/c1-2-22-16(13-7-4-3-5-8-13)12-24-18(22)21-20-17(23)14-9-6-10-15(19)11-14/h3-12H,2H2,1H3,(H,20,23)/b21-18+. The molecule has 1 heterocycles. The van der Waals surface area contributed by atoms with Gasteiger partial charge in [-0.2, -0.15) is 0 Å². The Kier molecular flexibility index (Phi) is 5.27. The van der Waals surface area contributed by atoms with Crippen LogP contribution in [0.2, 0.25) is 0 Å².